The van der Waals surface area contributed by atoms with Gasteiger partial charge < -0.3 is 10.4 Å². The number of aliphatic carboxylic acids is 1. The maximum absolute atomic E-state index is 10.9. The predicted molar refractivity (Wildman–Crippen MR) is 96.9 cm³/mol. The topological polar surface area (TPSA) is 75.1 Å². The van der Waals surface area contributed by atoms with Crippen LogP contribution in [0, 0.1) is 13.8 Å². The van der Waals surface area contributed by atoms with E-state index in [2.05, 4.69) is 31.2 Å². The lowest BCUT2D eigenvalue weighted by Gasteiger charge is -2.13. The van der Waals surface area contributed by atoms with Crippen LogP contribution >= 0.6 is 39.3 Å². The normalized spacial score (nSPS) is 12.0. The van der Waals surface area contributed by atoms with Gasteiger partial charge in [0.05, 0.1) is 0 Å². The summed E-state index contributed by atoms with van der Waals surface area (Å²) < 4.78 is 1.03. The highest BCUT2D eigenvalue weighted by atomic mass is 79.9. The van der Waals surface area contributed by atoms with Crippen LogP contribution in [0.25, 0.3) is 0 Å². The lowest BCUT2D eigenvalue weighted by molar-refractivity contribution is -0.136. The van der Waals surface area contributed by atoms with Gasteiger partial charge in [-0.2, -0.15) is 0 Å². The number of rotatable bonds is 5. The molecule has 122 valence electrons. The average molecular weight is 417 g/mol. The Labute approximate surface area is 152 Å². The van der Waals surface area contributed by atoms with Gasteiger partial charge in [-0.25, -0.2) is 9.97 Å². The number of hydrogen-bond donors (Lipinski definition) is 2. The second kappa shape index (κ2) is 7.51. The van der Waals surface area contributed by atoms with E-state index >= 15 is 0 Å². The van der Waals surface area contributed by atoms with Crippen LogP contribution in [0.1, 0.15) is 18.1 Å². The summed E-state index contributed by atoms with van der Waals surface area (Å²) in [5, 5.41) is 12.1. The zero-order valence-corrected chi connectivity index (χ0v) is 15.9. The van der Waals surface area contributed by atoms with Gasteiger partial charge in [-0.1, -0.05) is 39.3 Å². The van der Waals surface area contributed by atoms with E-state index in [4.69, 9.17) is 16.7 Å². The number of anilines is 2. The summed E-state index contributed by atoms with van der Waals surface area (Å²) in [7, 11) is 0. The molecule has 0 aliphatic carbocycles. The molecule has 2 aromatic rings. The van der Waals surface area contributed by atoms with Gasteiger partial charge in [-0.05, 0) is 44.0 Å². The molecule has 0 aliphatic rings. The molecule has 1 aromatic carbocycles. The van der Waals surface area contributed by atoms with Gasteiger partial charge in [0.25, 0.3) is 0 Å². The number of nitrogens with one attached hydrogen (secondary N) is 1. The first-order chi connectivity index (χ1) is 10.8. The van der Waals surface area contributed by atoms with E-state index in [-0.39, 0.29) is 5.15 Å². The van der Waals surface area contributed by atoms with E-state index in [0.29, 0.717) is 11.0 Å². The van der Waals surface area contributed by atoms with Gasteiger partial charge in [-0.15, -0.1) is 0 Å². The number of thioether (sulfide) groups is 1. The Balaban J connectivity index is 2.29. The Morgan fingerprint density at radius 1 is 1.35 bits per heavy atom. The summed E-state index contributed by atoms with van der Waals surface area (Å²) in [5.41, 5.74) is 3.12. The summed E-state index contributed by atoms with van der Waals surface area (Å²) in [4.78, 5) is 19.3. The largest absolute Gasteiger partial charge is 0.480 e. The minimum Gasteiger partial charge on any atom is -0.480 e. The van der Waals surface area contributed by atoms with Crippen LogP contribution in [-0.4, -0.2) is 26.3 Å². The van der Waals surface area contributed by atoms with Crippen molar-refractivity contribution in [2.24, 2.45) is 0 Å². The highest BCUT2D eigenvalue weighted by Crippen LogP contribution is 2.29. The Bertz CT molecular complexity index is 758. The maximum atomic E-state index is 10.9. The molecule has 2 N–H and O–H groups in total. The first-order valence-electron chi connectivity index (χ1n) is 6.74. The molecule has 0 spiro atoms. The molecule has 8 heteroatoms. The van der Waals surface area contributed by atoms with Gasteiger partial charge in [0.2, 0.25) is 0 Å². The summed E-state index contributed by atoms with van der Waals surface area (Å²) in [5.74, 6) is -0.401. The molecule has 1 atom stereocenters. The number of benzene rings is 1. The quantitative estimate of drug-likeness (QED) is 0.413. The number of halogens is 2. The smallest absolute Gasteiger partial charge is 0.316 e. The molecule has 0 saturated carbocycles. The first kappa shape index (κ1) is 18.0. The first-order valence-corrected chi connectivity index (χ1v) is 8.79. The molecule has 1 heterocycles. The monoisotopic (exact) mass is 415 g/mol. The van der Waals surface area contributed by atoms with Gasteiger partial charge in [0.1, 0.15) is 16.2 Å². The lowest BCUT2D eigenvalue weighted by Crippen LogP contribution is -2.12. The summed E-state index contributed by atoms with van der Waals surface area (Å²) >= 11 is 10.6. The van der Waals surface area contributed by atoms with Crippen molar-refractivity contribution < 1.29 is 9.90 Å². The Hall–Kier alpha value is -1.31. The molecule has 0 aliphatic heterocycles. The number of hydrogen-bond acceptors (Lipinski definition) is 5. The van der Waals surface area contributed by atoms with Crippen LogP contribution in [0.3, 0.4) is 0 Å². The van der Waals surface area contributed by atoms with E-state index in [1.165, 1.54) is 0 Å². The van der Waals surface area contributed by atoms with Crippen LogP contribution in [0.5, 0.6) is 0 Å². The van der Waals surface area contributed by atoms with Crippen molar-refractivity contribution in [1.82, 2.24) is 9.97 Å². The molecule has 1 aromatic heterocycles. The Morgan fingerprint density at radius 3 is 2.70 bits per heavy atom. The van der Waals surface area contributed by atoms with E-state index in [1.807, 2.05) is 26.0 Å². The van der Waals surface area contributed by atoms with Gasteiger partial charge >= 0.3 is 5.97 Å². The molecule has 0 saturated heterocycles. The molecule has 0 radical (unpaired) electrons. The second-order valence-electron chi connectivity index (χ2n) is 4.93. The molecule has 0 bridgehead atoms. The maximum Gasteiger partial charge on any atom is 0.316 e. The molecule has 0 fully saturated rings. The molecule has 23 heavy (non-hydrogen) atoms. The van der Waals surface area contributed by atoms with Gasteiger partial charge in [0.15, 0.2) is 5.16 Å². The van der Waals surface area contributed by atoms with Crippen LogP contribution in [-0.2, 0) is 4.79 Å². The molecule has 1 unspecified atom stereocenters. The van der Waals surface area contributed by atoms with E-state index in [0.717, 1.165) is 33.0 Å². The Morgan fingerprint density at radius 2 is 2.04 bits per heavy atom. The van der Waals surface area contributed by atoms with Gasteiger partial charge in [-0.3, -0.25) is 4.79 Å². The van der Waals surface area contributed by atoms with Crippen molar-refractivity contribution in [2.75, 3.05) is 5.32 Å². The van der Waals surface area contributed by atoms with Crippen LogP contribution < -0.4 is 5.32 Å². The van der Waals surface area contributed by atoms with Crippen LogP contribution in [0.15, 0.2) is 27.8 Å². The third kappa shape index (κ3) is 4.59. The molecular formula is C15H15BrClN3O2S. The van der Waals surface area contributed by atoms with Crippen molar-refractivity contribution >= 4 is 56.8 Å². The SMILES string of the molecule is Cc1c(Br)ccc(Nc2cc(Cl)nc(SC(C)C(=O)O)n2)c1C. The average Bonchev–Trinajstić information content (AvgIpc) is 2.47. The summed E-state index contributed by atoms with van der Waals surface area (Å²) in [6.45, 7) is 5.60. The van der Waals surface area contributed by atoms with Crippen molar-refractivity contribution in [3.8, 4) is 0 Å². The van der Waals surface area contributed by atoms with Crippen molar-refractivity contribution in [2.45, 2.75) is 31.2 Å². The summed E-state index contributed by atoms with van der Waals surface area (Å²) in [6.07, 6.45) is 0. The zero-order chi connectivity index (χ0) is 17.1. The third-order valence-corrected chi connectivity index (χ3v) is 5.29. The fourth-order valence-corrected chi connectivity index (χ4v) is 3.17. The predicted octanol–water partition coefficient (Wildman–Crippen LogP) is 4.82. The fraction of sp³-hybridized carbons (Fsp3) is 0.267. The van der Waals surface area contributed by atoms with Crippen molar-refractivity contribution in [3.05, 3.63) is 39.0 Å². The minimum atomic E-state index is -0.924. The molecule has 0 amide bonds. The number of carboxylic acid groups (broad SMARTS) is 1. The highest BCUT2D eigenvalue weighted by molar-refractivity contribution is 9.10. The van der Waals surface area contributed by atoms with E-state index in [9.17, 15) is 4.79 Å². The Kier molecular flexibility index (Phi) is 5.89. The van der Waals surface area contributed by atoms with Crippen molar-refractivity contribution in [3.63, 3.8) is 0 Å². The van der Waals surface area contributed by atoms with Gasteiger partial charge in [0, 0.05) is 16.2 Å². The van der Waals surface area contributed by atoms with Crippen LogP contribution in [0.2, 0.25) is 5.15 Å². The number of carboxylic acids is 1. The van der Waals surface area contributed by atoms with E-state index in [1.54, 1.807) is 13.0 Å². The number of nitrogens with zero attached hydrogens (tertiary/aromatic N) is 2. The van der Waals surface area contributed by atoms with E-state index < -0.39 is 11.2 Å². The minimum absolute atomic E-state index is 0.258. The second-order valence-corrected chi connectivity index (χ2v) is 7.48. The lowest BCUT2D eigenvalue weighted by atomic mass is 10.1. The number of aromatic nitrogens is 2. The molecule has 2 rings (SSSR count). The highest BCUT2D eigenvalue weighted by Gasteiger charge is 2.16. The zero-order valence-electron chi connectivity index (χ0n) is 12.7. The standard InChI is InChI=1S/C15H15BrClN3O2S/c1-7-8(2)11(5-4-10(7)16)18-13-6-12(17)19-15(20-13)23-9(3)14(21)22/h4-6,9H,1-3H3,(H,21,22)(H,18,19,20). The summed E-state index contributed by atoms with van der Waals surface area (Å²) in [6, 6.07) is 5.50. The van der Waals surface area contributed by atoms with Crippen LogP contribution in [0.4, 0.5) is 11.5 Å². The van der Waals surface area contributed by atoms with Crippen molar-refractivity contribution in [1.29, 1.82) is 0 Å². The third-order valence-electron chi connectivity index (χ3n) is 3.29. The number of carbonyl (C=O) groups is 1. The molecular weight excluding hydrogens is 402 g/mol. The molecule has 5 nitrogen and oxygen atoms in total. The fourth-order valence-electron chi connectivity index (χ4n) is 1.78.